The van der Waals surface area contributed by atoms with Gasteiger partial charge in [-0.05, 0) is 62.3 Å². The van der Waals surface area contributed by atoms with Crippen molar-refractivity contribution in [1.29, 1.82) is 5.26 Å². The molecule has 2 rings (SSSR count). The summed E-state index contributed by atoms with van der Waals surface area (Å²) in [6.45, 7) is 6.29. The third-order valence-corrected chi connectivity index (χ3v) is 5.99. The van der Waals surface area contributed by atoms with Gasteiger partial charge in [-0.3, -0.25) is 4.21 Å². The van der Waals surface area contributed by atoms with E-state index in [4.69, 9.17) is 0 Å². The highest BCUT2D eigenvalue weighted by Crippen LogP contribution is 2.34. The maximum atomic E-state index is 12.7. The lowest BCUT2D eigenvalue weighted by Crippen LogP contribution is -2.31. The summed E-state index contributed by atoms with van der Waals surface area (Å²) in [5.41, 5.74) is 2.39. The van der Waals surface area contributed by atoms with Gasteiger partial charge in [-0.1, -0.05) is 13.0 Å². The van der Waals surface area contributed by atoms with Crippen LogP contribution in [-0.2, 0) is 10.8 Å². The minimum atomic E-state index is -1.06. The SMILES string of the molecule is Cc1ccc(S(=O)C2CC(C)CCC2C#N)cc1C. The normalized spacial score (nSPS) is 28.6. The third kappa shape index (κ3) is 3.06. The van der Waals surface area contributed by atoms with Crippen LogP contribution in [0.4, 0.5) is 0 Å². The van der Waals surface area contributed by atoms with Crippen LogP contribution in [0.2, 0.25) is 0 Å². The van der Waals surface area contributed by atoms with Gasteiger partial charge in [0.25, 0.3) is 0 Å². The highest BCUT2D eigenvalue weighted by molar-refractivity contribution is 7.85. The van der Waals surface area contributed by atoms with Gasteiger partial charge in [0, 0.05) is 4.90 Å². The van der Waals surface area contributed by atoms with Crippen LogP contribution in [-0.4, -0.2) is 9.46 Å². The highest BCUT2D eigenvalue weighted by Gasteiger charge is 2.33. The number of nitriles is 1. The van der Waals surface area contributed by atoms with Crippen molar-refractivity contribution in [2.24, 2.45) is 11.8 Å². The second-order valence-electron chi connectivity index (χ2n) is 5.74. The van der Waals surface area contributed by atoms with Gasteiger partial charge in [-0.25, -0.2) is 0 Å². The Morgan fingerprint density at radius 1 is 1.26 bits per heavy atom. The van der Waals surface area contributed by atoms with E-state index in [1.54, 1.807) is 0 Å². The smallest absolute Gasteiger partial charge is 0.0668 e. The summed E-state index contributed by atoms with van der Waals surface area (Å²) < 4.78 is 12.7. The lowest BCUT2D eigenvalue weighted by molar-refractivity contribution is 0.341. The van der Waals surface area contributed by atoms with E-state index in [0.717, 1.165) is 24.2 Å². The van der Waals surface area contributed by atoms with Gasteiger partial charge in [0.2, 0.25) is 0 Å². The average Bonchev–Trinajstić information content (AvgIpc) is 2.41. The summed E-state index contributed by atoms with van der Waals surface area (Å²) >= 11 is 0. The number of benzene rings is 1. The van der Waals surface area contributed by atoms with Crippen molar-refractivity contribution in [1.82, 2.24) is 0 Å². The van der Waals surface area contributed by atoms with Crippen LogP contribution < -0.4 is 0 Å². The number of hydrogen-bond acceptors (Lipinski definition) is 2. The standard InChI is InChI=1S/C16H21NOS/c1-11-4-6-14(10-17)16(8-11)19(18)15-7-5-12(2)13(3)9-15/h5,7,9,11,14,16H,4,6,8H2,1-3H3. The van der Waals surface area contributed by atoms with Gasteiger partial charge >= 0.3 is 0 Å². The predicted molar refractivity (Wildman–Crippen MR) is 78.2 cm³/mol. The topological polar surface area (TPSA) is 40.9 Å². The highest BCUT2D eigenvalue weighted by atomic mass is 32.2. The Bertz CT molecular complexity index is 532. The zero-order valence-electron chi connectivity index (χ0n) is 11.8. The molecule has 0 N–H and O–H groups in total. The largest absolute Gasteiger partial charge is 0.254 e. The number of aryl methyl sites for hydroxylation is 2. The quantitative estimate of drug-likeness (QED) is 0.825. The van der Waals surface area contributed by atoms with Crippen LogP contribution in [0.3, 0.4) is 0 Å². The van der Waals surface area contributed by atoms with Crippen molar-refractivity contribution in [2.75, 3.05) is 0 Å². The molecule has 102 valence electrons. The molecule has 1 saturated carbocycles. The van der Waals surface area contributed by atoms with Crippen molar-refractivity contribution >= 4 is 10.8 Å². The fraction of sp³-hybridized carbons (Fsp3) is 0.562. The summed E-state index contributed by atoms with van der Waals surface area (Å²) in [6, 6.07) is 8.35. The zero-order valence-corrected chi connectivity index (χ0v) is 12.7. The Morgan fingerprint density at radius 2 is 2.00 bits per heavy atom. The van der Waals surface area contributed by atoms with E-state index in [0.29, 0.717) is 5.92 Å². The van der Waals surface area contributed by atoms with Gasteiger partial charge in [0.1, 0.15) is 0 Å². The van der Waals surface area contributed by atoms with E-state index in [2.05, 4.69) is 19.9 Å². The first-order chi connectivity index (χ1) is 9.02. The van der Waals surface area contributed by atoms with Crippen molar-refractivity contribution in [3.63, 3.8) is 0 Å². The fourth-order valence-corrected chi connectivity index (χ4v) is 4.57. The minimum Gasteiger partial charge on any atom is -0.254 e. The van der Waals surface area contributed by atoms with E-state index >= 15 is 0 Å². The average molecular weight is 275 g/mol. The van der Waals surface area contributed by atoms with Gasteiger partial charge in [-0.15, -0.1) is 0 Å². The molecule has 19 heavy (non-hydrogen) atoms. The molecule has 0 amide bonds. The van der Waals surface area contributed by atoms with Crippen molar-refractivity contribution < 1.29 is 4.21 Å². The summed E-state index contributed by atoms with van der Waals surface area (Å²) in [7, 11) is -1.06. The molecule has 1 aliphatic rings. The van der Waals surface area contributed by atoms with Gasteiger partial charge < -0.3 is 0 Å². The second kappa shape index (κ2) is 5.88. The van der Waals surface area contributed by atoms with Crippen LogP contribution in [0, 0.1) is 37.0 Å². The molecule has 1 aliphatic carbocycles. The predicted octanol–water partition coefficient (Wildman–Crippen LogP) is 3.74. The first-order valence-electron chi connectivity index (χ1n) is 6.90. The molecule has 3 heteroatoms. The summed E-state index contributed by atoms with van der Waals surface area (Å²) in [4.78, 5) is 0.877. The molecular weight excluding hydrogens is 254 g/mol. The Morgan fingerprint density at radius 3 is 2.63 bits per heavy atom. The molecule has 1 aromatic rings. The zero-order chi connectivity index (χ0) is 14.0. The maximum Gasteiger partial charge on any atom is 0.0668 e. The second-order valence-corrected chi connectivity index (χ2v) is 7.41. The number of hydrogen-bond donors (Lipinski definition) is 0. The van der Waals surface area contributed by atoms with Crippen LogP contribution in [0.15, 0.2) is 23.1 Å². The van der Waals surface area contributed by atoms with Gasteiger partial charge in [0.05, 0.1) is 28.0 Å². The molecule has 0 heterocycles. The molecule has 2 nitrogen and oxygen atoms in total. The van der Waals surface area contributed by atoms with E-state index in [1.165, 1.54) is 11.1 Å². The van der Waals surface area contributed by atoms with E-state index in [-0.39, 0.29) is 11.2 Å². The van der Waals surface area contributed by atoms with E-state index in [9.17, 15) is 9.47 Å². The Balaban J connectivity index is 2.26. The Labute approximate surface area is 118 Å². The molecule has 0 aliphatic heterocycles. The number of rotatable bonds is 2. The van der Waals surface area contributed by atoms with Crippen LogP contribution >= 0.6 is 0 Å². The molecule has 4 unspecified atom stereocenters. The lowest BCUT2D eigenvalue weighted by Gasteiger charge is -2.30. The van der Waals surface area contributed by atoms with Crippen molar-refractivity contribution in [3.05, 3.63) is 29.3 Å². The monoisotopic (exact) mass is 275 g/mol. The van der Waals surface area contributed by atoms with E-state index < -0.39 is 10.8 Å². The maximum absolute atomic E-state index is 12.7. The summed E-state index contributed by atoms with van der Waals surface area (Å²) in [5.74, 6) is 0.517. The van der Waals surface area contributed by atoms with Crippen LogP contribution in [0.5, 0.6) is 0 Å². The lowest BCUT2D eigenvalue weighted by atomic mass is 9.83. The molecular formula is C16H21NOS. The third-order valence-electron chi connectivity index (χ3n) is 4.21. The van der Waals surface area contributed by atoms with Crippen LogP contribution in [0.25, 0.3) is 0 Å². The van der Waals surface area contributed by atoms with Crippen molar-refractivity contribution in [3.8, 4) is 6.07 Å². The minimum absolute atomic E-state index is 0.00384. The first kappa shape index (κ1) is 14.3. The van der Waals surface area contributed by atoms with Crippen molar-refractivity contribution in [2.45, 2.75) is 50.2 Å². The van der Waals surface area contributed by atoms with Gasteiger partial charge in [0.15, 0.2) is 0 Å². The van der Waals surface area contributed by atoms with E-state index in [1.807, 2.05) is 25.1 Å². The Kier molecular flexibility index (Phi) is 4.42. The first-order valence-corrected chi connectivity index (χ1v) is 8.11. The molecule has 0 radical (unpaired) electrons. The van der Waals surface area contributed by atoms with Crippen LogP contribution in [0.1, 0.15) is 37.3 Å². The molecule has 0 bridgehead atoms. The summed E-state index contributed by atoms with van der Waals surface area (Å²) in [5, 5.41) is 9.25. The fourth-order valence-electron chi connectivity index (χ4n) is 2.73. The molecule has 1 aromatic carbocycles. The molecule has 0 spiro atoms. The summed E-state index contributed by atoms with van der Waals surface area (Å²) in [6.07, 6.45) is 2.87. The Hall–Kier alpha value is -1.14. The molecule has 4 atom stereocenters. The molecule has 0 aromatic heterocycles. The number of nitrogens with zero attached hydrogens (tertiary/aromatic N) is 1. The molecule has 1 fully saturated rings. The molecule has 0 saturated heterocycles. The van der Waals surface area contributed by atoms with Gasteiger partial charge in [-0.2, -0.15) is 5.26 Å².